The molecule has 0 radical (unpaired) electrons. The Bertz CT molecular complexity index is 366. The first-order valence-electron chi connectivity index (χ1n) is 4.59. The molecular formula is C10H12N2O4. The highest BCUT2D eigenvalue weighted by Gasteiger charge is 2.21. The number of esters is 1. The molecule has 0 aromatic carbocycles. The van der Waals surface area contributed by atoms with Gasteiger partial charge in [-0.25, -0.2) is 4.79 Å². The number of aliphatic hydroxyl groups excluding tert-OH is 1. The van der Waals surface area contributed by atoms with Crippen molar-refractivity contribution < 1.29 is 19.4 Å². The Kier molecular flexibility index (Phi) is 4.41. The number of rotatable bonds is 4. The summed E-state index contributed by atoms with van der Waals surface area (Å²) in [5.41, 5.74) is 0.171. The topological polar surface area (TPSA) is 88.5 Å². The van der Waals surface area contributed by atoms with Gasteiger partial charge in [-0.1, -0.05) is 6.07 Å². The molecule has 1 rings (SSSR count). The zero-order valence-electron chi connectivity index (χ0n) is 8.71. The lowest BCUT2D eigenvalue weighted by atomic mass is 10.3. The van der Waals surface area contributed by atoms with E-state index in [1.54, 1.807) is 12.1 Å². The quantitative estimate of drug-likeness (QED) is 0.663. The molecule has 1 heterocycles. The van der Waals surface area contributed by atoms with E-state index in [2.05, 4.69) is 15.0 Å². The van der Waals surface area contributed by atoms with E-state index in [0.717, 1.165) is 0 Å². The molecule has 1 aromatic rings. The molecule has 0 unspecified atom stereocenters. The van der Waals surface area contributed by atoms with Crippen LogP contribution in [0.25, 0.3) is 0 Å². The molecule has 0 fully saturated rings. The molecule has 0 saturated carbocycles. The van der Waals surface area contributed by atoms with E-state index in [9.17, 15) is 9.59 Å². The summed E-state index contributed by atoms with van der Waals surface area (Å²) in [6, 6.07) is 3.75. The first-order valence-corrected chi connectivity index (χ1v) is 4.59. The summed E-state index contributed by atoms with van der Waals surface area (Å²) in [6.45, 7) is -0.523. The van der Waals surface area contributed by atoms with Crippen LogP contribution in [0.1, 0.15) is 10.5 Å². The van der Waals surface area contributed by atoms with Gasteiger partial charge < -0.3 is 15.2 Å². The normalized spacial score (nSPS) is 11.6. The second kappa shape index (κ2) is 5.82. The zero-order chi connectivity index (χ0) is 12.0. The van der Waals surface area contributed by atoms with Crippen LogP contribution >= 0.6 is 0 Å². The lowest BCUT2D eigenvalue weighted by Gasteiger charge is -2.13. The molecule has 0 aliphatic heterocycles. The van der Waals surface area contributed by atoms with Gasteiger partial charge in [0.05, 0.1) is 13.7 Å². The lowest BCUT2D eigenvalue weighted by molar-refractivity contribution is -0.143. The Balaban J connectivity index is 2.66. The van der Waals surface area contributed by atoms with Crippen LogP contribution in [0.2, 0.25) is 0 Å². The second-order valence-electron chi connectivity index (χ2n) is 2.95. The molecule has 6 nitrogen and oxygen atoms in total. The summed E-state index contributed by atoms with van der Waals surface area (Å²) >= 11 is 0. The maximum Gasteiger partial charge on any atom is 0.330 e. The first kappa shape index (κ1) is 12.1. The van der Waals surface area contributed by atoms with E-state index in [4.69, 9.17) is 5.11 Å². The molecule has 0 saturated heterocycles. The number of carbonyl (C=O) groups is 2. The fraction of sp³-hybridized carbons (Fsp3) is 0.300. The van der Waals surface area contributed by atoms with E-state index >= 15 is 0 Å². The molecule has 0 bridgehead atoms. The lowest BCUT2D eigenvalue weighted by Crippen LogP contribution is -2.44. The summed E-state index contributed by atoms with van der Waals surface area (Å²) in [7, 11) is 1.18. The van der Waals surface area contributed by atoms with Crippen LogP contribution in [0, 0.1) is 0 Å². The van der Waals surface area contributed by atoms with Gasteiger partial charge >= 0.3 is 5.97 Å². The largest absolute Gasteiger partial charge is 0.467 e. The van der Waals surface area contributed by atoms with Crippen LogP contribution in [-0.2, 0) is 9.53 Å². The summed E-state index contributed by atoms with van der Waals surface area (Å²) in [5.74, 6) is -1.24. The Labute approximate surface area is 92.3 Å². The number of hydrogen-bond donors (Lipinski definition) is 2. The van der Waals surface area contributed by atoms with E-state index in [0.29, 0.717) is 0 Å². The third kappa shape index (κ3) is 3.03. The number of ether oxygens (including phenoxy) is 1. The molecule has 16 heavy (non-hydrogen) atoms. The van der Waals surface area contributed by atoms with Crippen molar-refractivity contribution in [3.05, 3.63) is 30.1 Å². The average Bonchev–Trinajstić information content (AvgIpc) is 2.35. The van der Waals surface area contributed by atoms with Crippen molar-refractivity contribution in [3.8, 4) is 0 Å². The number of aliphatic hydroxyl groups is 1. The first-order chi connectivity index (χ1) is 7.69. The summed E-state index contributed by atoms with van der Waals surface area (Å²) < 4.78 is 4.41. The fourth-order valence-electron chi connectivity index (χ4n) is 1.05. The highest BCUT2D eigenvalue weighted by atomic mass is 16.5. The van der Waals surface area contributed by atoms with Crippen molar-refractivity contribution in [3.63, 3.8) is 0 Å². The third-order valence-corrected chi connectivity index (χ3v) is 1.87. The van der Waals surface area contributed by atoms with Crippen molar-refractivity contribution in [2.45, 2.75) is 6.04 Å². The summed E-state index contributed by atoms with van der Waals surface area (Å²) in [6.07, 6.45) is 1.46. The van der Waals surface area contributed by atoms with Gasteiger partial charge in [0.15, 0.2) is 6.04 Å². The second-order valence-corrected chi connectivity index (χ2v) is 2.95. The molecule has 86 valence electrons. The summed E-state index contributed by atoms with van der Waals surface area (Å²) in [4.78, 5) is 26.4. The van der Waals surface area contributed by atoms with Gasteiger partial charge in [-0.15, -0.1) is 0 Å². The van der Waals surface area contributed by atoms with Gasteiger partial charge in [0.1, 0.15) is 5.69 Å². The smallest absolute Gasteiger partial charge is 0.330 e. The van der Waals surface area contributed by atoms with Crippen molar-refractivity contribution in [2.24, 2.45) is 0 Å². The van der Waals surface area contributed by atoms with Gasteiger partial charge in [-0.2, -0.15) is 0 Å². The number of nitrogens with zero attached hydrogens (tertiary/aromatic N) is 1. The molecule has 0 aliphatic carbocycles. The predicted octanol–water partition coefficient (Wildman–Crippen LogP) is -0.655. The van der Waals surface area contributed by atoms with Crippen LogP contribution in [-0.4, -0.2) is 41.7 Å². The van der Waals surface area contributed by atoms with Crippen LogP contribution in [0.3, 0.4) is 0 Å². The number of pyridine rings is 1. The Morgan fingerprint density at radius 3 is 2.81 bits per heavy atom. The monoisotopic (exact) mass is 224 g/mol. The number of amides is 1. The third-order valence-electron chi connectivity index (χ3n) is 1.87. The van der Waals surface area contributed by atoms with Gasteiger partial charge in [-0.3, -0.25) is 9.78 Å². The number of carbonyl (C=O) groups excluding carboxylic acids is 2. The molecule has 1 amide bonds. The minimum absolute atomic E-state index is 0.171. The molecule has 2 N–H and O–H groups in total. The average molecular weight is 224 g/mol. The van der Waals surface area contributed by atoms with E-state index in [1.807, 2.05) is 0 Å². The maximum atomic E-state index is 11.5. The fourth-order valence-corrected chi connectivity index (χ4v) is 1.05. The molecular weight excluding hydrogens is 212 g/mol. The Morgan fingerprint density at radius 2 is 2.31 bits per heavy atom. The maximum absolute atomic E-state index is 11.5. The SMILES string of the molecule is COC(=O)[C@H](CO)NC(=O)c1ccccn1. The van der Waals surface area contributed by atoms with Gasteiger partial charge in [0.2, 0.25) is 0 Å². The van der Waals surface area contributed by atoms with E-state index < -0.39 is 24.5 Å². The van der Waals surface area contributed by atoms with Crippen LogP contribution < -0.4 is 5.32 Å². The van der Waals surface area contributed by atoms with Gasteiger partial charge in [-0.05, 0) is 12.1 Å². The van der Waals surface area contributed by atoms with Crippen molar-refractivity contribution >= 4 is 11.9 Å². The standard InChI is InChI=1S/C10H12N2O4/c1-16-10(15)8(6-13)12-9(14)7-4-2-3-5-11-7/h2-5,8,13H,6H2,1H3,(H,12,14)/t8-/m0/s1. The number of nitrogens with one attached hydrogen (secondary N) is 1. The van der Waals surface area contributed by atoms with E-state index in [1.165, 1.54) is 19.4 Å². The molecule has 6 heteroatoms. The molecule has 0 aliphatic rings. The number of hydrogen-bond acceptors (Lipinski definition) is 5. The Morgan fingerprint density at radius 1 is 1.56 bits per heavy atom. The number of aromatic nitrogens is 1. The Hall–Kier alpha value is -1.95. The van der Waals surface area contributed by atoms with E-state index in [-0.39, 0.29) is 5.69 Å². The molecule has 0 spiro atoms. The van der Waals surface area contributed by atoms with Crippen molar-refractivity contribution in [2.75, 3.05) is 13.7 Å². The highest BCUT2D eigenvalue weighted by molar-refractivity contribution is 5.95. The minimum atomic E-state index is -1.07. The van der Waals surface area contributed by atoms with Crippen molar-refractivity contribution in [1.82, 2.24) is 10.3 Å². The van der Waals surface area contributed by atoms with Crippen LogP contribution in [0.15, 0.2) is 24.4 Å². The molecule has 1 atom stereocenters. The van der Waals surface area contributed by atoms with Crippen molar-refractivity contribution in [1.29, 1.82) is 0 Å². The van der Waals surface area contributed by atoms with Crippen LogP contribution in [0.5, 0.6) is 0 Å². The predicted molar refractivity (Wildman–Crippen MR) is 54.6 cm³/mol. The minimum Gasteiger partial charge on any atom is -0.467 e. The zero-order valence-corrected chi connectivity index (χ0v) is 8.71. The number of methoxy groups -OCH3 is 1. The van der Waals surface area contributed by atoms with Gasteiger partial charge in [0, 0.05) is 6.20 Å². The molecule has 1 aromatic heterocycles. The van der Waals surface area contributed by atoms with Crippen LogP contribution in [0.4, 0.5) is 0 Å². The summed E-state index contributed by atoms with van der Waals surface area (Å²) in [5, 5.41) is 11.2. The van der Waals surface area contributed by atoms with Gasteiger partial charge in [0.25, 0.3) is 5.91 Å². The highest BCUT2D eigenvalue weighted by Crippen LogP contribution is 1.95.